The number of carbonyl (C=O) groups excluding carboxylic acids is 3. The topological polar surface area (TPSA) is 171 Å². The van der Waals surface area contributed by atoms with Crippen LogP contribution in [0.15, 0.2) is 47.6 Å². The van der Waals surface area contributed by atoms with E-state index < -0.39 is 41.3 Å². The first kappa shape index (κ1) is 46.7. The summed E-state index contributed by atoms with van der Waals surface area (Å²) < 4.78 is 56.5. The molecule has 3 amide bonds. The Morgan fingerprint density at radius 1 is 1.03 bits per heavy atom. The molecule has 0 aliphatic heterocycles. The highest BCUT2D eigenvalue weighted by molar-refractivity contribution is 7.17. The monoisotopic (exact) mass is 853 g/mol. The van der Waals surface area contributed by atoms with Crippen molar-refractivity contribution in [1.29, 1.82) is 0 Å². The lowest BCUT2D eigenvalue weighted by Crippen LogP contribution is -2.34. The summed E-state index contributed by atoms with van der Waals surface area (Å²) in [5, 5.41) is 27.3. The average Bonchev–Trinajstić information content (AvgIpc) is 3.51. The fourth-order valence-electron chi connectivity index (χ4n) is 5.98. The van der Waals surface area contributed by atoms with Gasteiger partial charge in [0.05, 0.1) is 74.7 Å². The van der Waals surface area contributed by atoms with Gasteiger partial charge in [-0.25, -0.2) is 5.43 Å². The molecular formula is C40H51ClF3N5O8S. The number of amides is 3. The number of halogens is 4. The molecule has 1 aliphatic rings. The minimum atomic E-state index is -4.65. The molecule has 0 saturated heterocycles. The van der Waals surface area contributed by atoms with E-state index in [-0.39, 0.29) is 42.0 Å². The first-order chi connectivity index (χ1) is 27.6. The van der Waals surface area contributed by atoms with Gasteiger partial charge in [-0.3, -0.25) is 19.3 Å². The standard InChI is InChI=1S/C40H51ClF3N5O8S/c1-39(2)11-9-30-33(21-39)58-38(35(30)37(54)48-46-22-26-7-8-32(41)31(20-26)40(42,43)44)47-36(53)28-6-4-5-27(19-28)24-49(3)12-14-56-16-18-57-17-15-55-13-10-34(52)45-23-29(51)25-50/h4-8,19-20,22,29,50-51H,9-18,21,23-25H2,1-3H3,(H,45,52)(H,47,53)(H,48,54)/b46-22+. The second-order valence-electron chi connectivity index (χ2n) is 14.6. The van der Waals surface area contributed by atoms with Crippen LogP contribution in [-0.2, 0) is 44.6 Å². The molecule has 13 nitrogen and oxygen atoms in total. The quantitative estimate of drug-likeness (QED) is 0.0512. The second kappa shape index (κ2) is 22.4. The predicted octanol–water partition coefficient (Wildman–Crippen LogP) is 5.29. The van der Waals surface area contributed by atoms with Crippen LogP contribution in [0.5, 0.6) is 0 Å². The molecule has 1 heterocycles. The van der Waals surface area contributed by atoms with Gasteiger partial charge >= 0.3 is 6.18 Å². The van der Waals surface area contributed by atoms with Crippen LogP contribution < -0.4 is 16.1 Å². The van der Waals surface area contributed by atoms with Crippen LogP contribution in [0.25, 0.3) is 0 Å². The Kier molecular flexibility index (Phi) is 18.1. The number of thiophene rings is 1. The lowest BCUT2D eigenvalue weighted by molar-refractivity contribution is -0.137. The molecule has 0 saturated carbocycles. The average molecular weight is 854 g/mol. The fraction of sp³-hybridized carbons (Fsp3) is 0.500. The van der Waals surface area contributed by atoms with Gasteiger partial charge in [-0.15, -0.1) is 11.3 Å². The maximum Gasteiger partial charge on any atom is 0.417 e. The number of nitrogens with zero attached hydrogens (tertiary/aromatic N) is 2. The molecule has 0 bridgehead atoms. The van der Waals surface area contributed by atoms with Crippen molar-refractivity contribution in [1.82, 2.24) is 15.6 Å². The Hall–Kier alpha value is -3.94. The van der Waals surface area contributed by atoms with Crippen LogP contribution in [-0.4, -0.2) is 112 Å². The number of hydrogen-bond donors (Lipinski definition) is 5. The van der Waals surface area contributed by atoms with Crippen molar-refractivity contribution in [2.24, 2.45) is 10.5 Å². The second-order valence-corrected chi connectivity index (χ2v) is 16.1. The summed E-state index contributed by atoms with van der Waals surface area (Å²) in [6, 6.07) is 10.5. The molecule has 0 fully saturated rings. The summed E-state index contributed by atoms with van der Waals surface area (Å²) in [5.74, 6) is -1.26. The van der Waals surface area contributed by atoms with Gasteiger partial charge in [-0.2, -0.15) is 18.3 Å². The number of fused-ring (bicyclic) bond motifs is 1. The normalized spacial score (nSPS) is 14.4. The molecule has 0 radical (unpaired) electrons. The van der Waals surface area contributed by atoms with Crippen LogP contribution >= 0.6 is 22.9 Å². The number of anilines is 1. The summed E-state index contributed by atoms with van der Waals surface area (Å²) in [6.07, 6.45) is -2.23. The van der Waals surface area contributed by atoms with E-state index in [1.807, 2.05) is 13.1 Å². The lowest BCUT2D eigenvalue weighted by Gasteiger charge is -2.29. The van der Waals surface area contributed by atoms with Crippen molar-refractivity contribution in [2.75, 3.05) is 71.7 Å². The summed E-state index contributed by atoms with van der Waals surface area (Å²) in [5.41, 5.74) is 3.94. The van der Waals surface area contributed by atoms with Crippen LogP contribution in [0.2, 0.25) is 5.02 Å². The van der Waals surface area contributed by atoms with E-state index in [0.29, 0.717) is 63.1 Å². The number of ether oxygens (including phenoxy) is 3. The first-order valence-corrected chi connectivity index (χ1v) is 20.0. The lowest BCUT2D eigenvalue weighted by atomic mass is 9.77. The number of aliphatic hydroxyl groups excluding tert-OH is 2. The number of carbonyl (C=O) groups is 3. The Morgan fingerprint density at radius 3 is 2.45 bits per heavy atom. The third-order valence-electron chi connectivity index (χ3n) is 9.13. The van der Waals surface area contributed by atoms with Crippen molar-refractivity contribution < 1.29 is 52.0 Å². The van der Waals surface area contributed by atoms with Crippen molar-refractivity contribution in [3.05, 3.63) is 85.7 Å². The number of likely N-dealkylation sites (N-methyl/N-ethyl adjacent to an activating group) is 1. The van der Waals surface area contributed by atoms with Crippen molar-refractivity contribution in [3.63, 3.8) is 0 Å². The van der Waals surface area contributed by atoms with Crippen LogP contribution in [0.3, 0.4) is 0 Å². The molecule has 1 aliphatic carbocycles. The summed E-state index contributed by atoms with van der Waals surface area (Å²) in [6.45, 7) is 7.12. The molecule has 318 valence electrons. The van der Waals surface area contributed by atoms with Gasteiger partial charge in [0.15, 0.2) is 0 Å². The smallest absolute Gasteiger partial charge is 0.394 e. The number of alkyl halides is 3. The molecule has 4 rings (SSSR count). The van der Waals surface area contributed by atoms with E-state index in [4.69, 9.17) is 30.9 Å². The number of hydrazone groups is 1. The number of benzene rings is 2. The number of hydrogen-bond acceptors (Lipinski definition) is 11. The van der Waals surface area contributed by atoms with Crippen molar-refractivity contribution in [2.45, 2.75) is 58.4 Å². The molecule has 3 aromatic rings. The summed E-state index contributed by atoms with van der Waals surface area (Å²) >= 11 is 7.07. The Balaban J connectivity index is 1.24. The summed E-state index contributed by atoms with van der Waals surface area (Å²) in [4.78, 5) is 41.8. The van der Waals surface area contributed by atoms with Crippen LogP contribution in [0.1, 0.15) is 74.5 Å². The highest BCUT2D eigenvalue weighted by Gasteiger charge is 2.34. The van der Waals surface area contributed by atoms with E-state index in [1.165, 1.54) is 17.4 Å². The van der Waals surface area contributed by atoms with E-state index in [1.54, 1.807) is 18.2 Å². The minimum absolute atomic E-state index is 0.00296. The molecule has 1 aromatic heterocycles. The zero-order chi connectivity index (χ0) is 42.3. The minimum Gasteiger partial charge on any atom is -0.394 e. The SMILES string of the molecule is CN(CCOCCOCCOCCC(=O)NCC(O)CO)Cc1cccc(C(=O)Nc2sc3c(c2C(=O)N/N=C/c2ccc(Cl)c(C(F)(F)F)c2)CCC(C)(C)C3)c1. The van der Waals surface area contributed by atoms with Crippen LogP contribution in [0.4, 0.5) is 18.2 Å². The number of aliphatic hydroxyl groups is 2. The maximum atomic E-state index is 13.6. The van der Waals surface area contributed by atoms with E-state index in [9.17, 15) is 32.7 Å². The maximum absolute atomic E-state index is 13.6. The highest BCUT2D eigenvalue weighted by Crippen LogP contribution is 2.44. The van der Waals surface area contributed by atoms with Gasteiger partial charge in [0.1, 0.15) is 5.00 Å². The van der Waals surface area contributed by atoms with E-state index in [2.05, 4.69) is 39.9 Å². The third-order valence-corrected chi connectivity index (χ3v) is 10.6. The van der Waals surface area contributed by atoms with Gasteiger partial charge in [-0.05, 0) is 72.7 Å². The fourth-order valence-corrected chi connectivity index (χ4v) is 7.71. The van der Waals surface area contributed by atoms with Crippen molar-refractivity contribution in [3.8, 4) is 0 Å². The van der Waals surface area contributed by atoms with Crippen LogP contribution in [0, 0.1) is 5.41 Å². The number of rotatable bonds is 22. The molecule has 58 heavy (non-hydrogen) atoms. The Morgan fingerprint density at radius 2 is 1.74 bits per heavy atom. The molecule has 18 heteroatoms. The van der Waals surface area contributed by atoms with Gasteiger partial charge in [0, 0.05) is 36.5 Å². The molecule has 0 spiro atoms. The van der Waals surface area contributed by atoms with Gasteiger partial charge < -0.3 is 35.1 Å². The molecule has 2 aromatic carbocycles. The zero-order valence-electron chi connectivity index (χ0n) is 32.8. The predicted molar refractivity (Wildman–Crippen MR) is 216 cm³/mol. The zero-order valence-corrected chi connectivity index (χ0v) is 34.3. The molecule has 1 atom stereocenters. The largest absolute Gasteiger partial charge is 0.417 e. The third kappa shape index (κ3) is 15.0. The highest BCUT2D eigenvalue weighted by atomic mass is 35.5. The van der Waals surface area contributed by atoms with Gasteiger partial charge in [0.25, 0.3) is 11.8 Å². The van der Waals surface area contributed by atoms with E-state index in [0.717, 1.165) is 47.2 Å². The Labute approximate surface area is 344 Å². The first-order valence-electron chi connectivity index (χ1n) is 18.8. The van der Waals surface area contributed by atoms with Crippen molar-refractivity contribution >= 4 is 51.9 Å². The van der Waals surface area contributed by atoms with Gasteiger partial charge in [0.2, 0.25) is 5.91 Å². The van der Waals surface area contributed by atoms with Gasteiger partial charge in [-0.1, -0.05) is 43.6 Å². The number of nitrogens with one attached hydrogen (secondary N) is 3. The molecule has 5 N–H and O–H groups in total. The summed E-state index contributed by atoms with van der Waals surface area (Å²) in [7, 11) is 1.94. The molecular weight excluding hydrogens is 803 g/mol. The molecule has 1 unspecified atom stereocenters. The Bertz CT molecular complexity index is 1880. The van der Waals surface area contributed by atoms with E-state index >= 15 is 0 Å².